The largest absolute Gasteiger partial charge is 0.402 e. The average molecular weight is 509 g/mol. The maximum absolute atomic E-state index is 13.9. The number of fused-ring (bicyclic) bond motifs is 1. The first kappa shape index (κ1) is 26.6. The number of nitrogen functional groups attached to an aromatic ring is 1. The maximum atomic E-state index is 13.9. The predicted molar refractivity (Wildman–Crippen MR) is 134 cm³/mol. The molecule has 1 heterocycles. The number of hydrogen-bond donors (Lipinski definition) is 4. The molecule has 11 heteroatoms. The van der Waals surface area contributed by atoms with Gasteiger partial charge in [0, 0.05) is 38.9 Å². The van der Waals surface area contributed by atoms with Gasteiger partial charge in [0.25, 0.3) is 0 Å². The molecule has 1 aromatic carbocycles. The zero-order chi connectivity index (χ0) is 25.9. The van der Waals surface area contributed by atoms with Gasteiger partial charge in [-0.05, 0) is 55.7 Å². The number of aldehydes is 1. The molecule has 190 valence electrons. The Balaban J connectivity index is 0.000000287. The van der Waals surface area contributed by atoms with Crippen molar-refractivity contribution in [2.24, 2.45) is 29.6 Å². The molecule has 1 aromatic heterocycles. The lowest BCUT2D eigenvalue weighted by Crippen LogP contribution is -2.37. The second-order valence-electron chi connectivity index (χ2n) is 9.02. The molecule has 2 aliphatic carbocycles. The minimum absolute atomic E-state index is 0.0246. The van der Waals surface area contributed by atoms with Gasteiger partial charge in [-0.25, -0.2) is 8.78 Å². The van der Waals surface area contributed by atoms with E-state index < -0.39 is 11.4 Å². The van der Waals surface area contributed by atoms with E-state index in [2.05, 4.69) is 15.4 Å². The fourth-order valence-corrected chi connectivity index (χ4v) is 5.52. The van der Waals surface area contributed by atoms with Gasteiger partial charge in [0.2, 0.25) is 0 Å². The van der Waals surface area contributed by atoms with E-state index in [1.807, 2.05) is 0 Å². The first-order valence-electron chi connectivity index (χ1n) is 11.3. The summed E-state index contributed by atoms with van der Waals surface area (Å²) >= 11 is 5.48. The summed E-state index contributed by atoms with van der Waals surface area (Å²) in [4.78, 5) is 15.3. The Bertz CT molecular complexity index is 1140. The highest BCUT2D eigenvalue weighted by atomic mass is 35.5. The Morgan fingerprint density at radius 1 is 1.37 bits per heavy atom. The molecule has 0 aliphatic heterocycles. The van der Waals surface area contributed by atoms with E-state index in [1.165, 1.54) is 23.9 Å². The van der Waals surface area contributed by atoms with E-state index in [-0.39, 0.29) is 34.3 Å². The molecule has 2 fully saturated rings. The summed E-state index contributed by atoms with van der Waals surface area (Å²) in [6.45, 7) is 0. The molecule has 2 saturated carbocycles. The minimum Gasteiger partial charge on any atom is -0.402 e. The molecular formula is C24H31ClF2N6O2. The predicted octanol–water partition coefficient (Wildman–Crippen LogP) is 3.81. The van der Waals surface area contributed by atoms with Crippen LogP contribution in [-0.4, -0.2) is 46.6 Å². The molecule has 8 nitrogen and oxygen atoms in total. The van der Waals surface area contributed by atoms with Crippen molar-refractivity contribution in [3.05, 3.63) is 52.3 Å². The van der Waals surface area contributed by atoms with Crippen LogP contribution in [0.25, 0.3) is 0 Å². The Kier molecular flexibility index (Phi) is 8.17. The average Bonchev–Trinajstić information content (AvgIpc) is 3.45. The highest BCUT2D eigenvalue weighted by molar-refractivity contribution is 6.31. The quantitative estimate of drug-likeness (QED) is 0.359. The maximum Gasteiger partial charge on any atom is 0.162 e. The first-order chi connectivity index (χ1) is 16.6. The van der Waals surface area contributed by atoms with Crippen molar-refractivity contribution in [3.63, 3.8) is 0 Å². The first-order valence-corrected chi connectivity index (χ1v) is 11.6. The minimum atomic E-state index is -1.29. The van der Waals surface area contributed by atoms with E-state index in [0.29, 0.717) is 24.2 Å². The standard InChI is InChI=1S/C17H24FN5O2.C7H7ClFN/c1-21-15(13(18)7-19)17(25)5-10-3-9(4-11(10)6-17)14-12(8-24)16(20)23(2)22-14;1-10-5-2-3-7(9)6(8)4-5/h7-11,25H,3-6,19-20H2,1-2H3;2-4,10H,1H3/b13-7+,21-15?;. The third-order valence-electron chi connectivity index (χ3n) is 6.95. The summed E-state index contributed by atoms with van der Waals surface area (Å²) in [7, 11) is 4.93. The highest BCUT2D eigenvalue weighted by Crippen LogP contribution is 2.54. The lowest BCUT2D eigenvalue weighted by atomic mass is 9.88. The molecule has 2 aliphatic rings. The molecule has 2 unspecified atom stereocenters. The third-order valence-corrected chi connectivity index (χ3v) is 7.24. The summed E-state index contributed by atoms with van der Waals surface area (Å²) in [5, 5.41) is 18.3. The number of benzene rings is 1. The summed E-state index contributed by atoms with van der Waals surface area (Å²) in [6.07, 6.45) is 4.03. The van der Waals surface area contributed by atoms with Crippen LogP contribution in [0.5, 0.6) is 0 Å². The molecule has 0 spiro atoms. The second-order valence-corrected chi connectivity index (χ2v) is 9.43. The third kappa shape index (κ3) is 5.33. The van der Waals surface area contributed by atoms with E-state index in [4.69, 9.17) is 23.1 Å². The van der Waals surface area contributed by atoms with Crippen molar-refractivity contribution in [3.8, 4) is 0 Å². The Labute approximate surface area is 208 Å². The molecule has 0 amide bonds. The molecule has 0 saturated heterocycles. The lowest BCUT2D eigenvalue weighted by molar-refractivity contribution is 0.107. The van der Waals surface area contributed by atoms with Crippen molar-refractivity contribution >= 4 is 35.1 Å². The van der Waals surface area contributed by atoms with Crippen molar-refractivity contribution in [2.75, 3.05) is 25.1 Å². The number of nitrogens with two attached hydrogens (primary N) is 2. The zero-order valence-electron chi connectivity index (χ0n) is 19.9. The summed E-state index contributed by atoms with van der Waals surface area (Å²) < 4.78 is 27.9. The van der Waals surface area contributed by atoms with Crippen LogP contribution in [0.4, 0.5) is 20.3 Å². The normalized spacial score (nSPS) is 26.2. The van der Waals surface area contributed by atoms with Crippen LogP contribution < -0.4 is 16.8 Å². The summed E-state index contributed by atoms with van der Waals surface area (Å²) in [5.41, 5.74) is 11.9. The molecule has 4 rings (SSSR count). The number of aliphatic imine (C=N–C) groups is 1. The Hall–Kier alpha value is -2.98. The van der Waals surface area contributed by atoms with Gasteiger partial charge in [-0.2, -0.15) is 5.10 Å². The van der Waals surface area contributed by atoms with Gasteiger partial charge in [0.1, 0.15) is 22.9 Å². The van der Waals surface area contributed by atoms with Crippen LogP contribution in [0.3, 0.4) is 0 Å². The van der Waals surface area contributed by atoms with E-state index >= 15 is 0 Å². The van der Waals surface area contributed by atoms with Crippen LogP contribution in [-0.2, 0) is 7.05 Å². The molecule has 2 aromatic rings. The number of anilines is 2. The number of aliphatic hydroxyl groups is 1. The van der Waals surface area contributed by atoms with Gasteiger partial charge in [0.15, 0.2) is 12.1 Å². The fraction of sp³-hybridized carbons (Fsp3) is 0.458. The number of nitrogens with one attached hydrogen (secondary N) is 1. The highest BCUT2D eigenvalue weighted by Gasteiger charge is 2.52. The van der Waals surface area contributed by atoms with Crippen molar-refractivity contribution in [1.29, 1.82) is 0 Å². The number of hydrogen-bond acceptors (Lipinski definition) is 7. The lowest BCUT2D eigenvalue weighted by Gasteiger charge is -2.25. The van der Waals surface area contributed by atoms with Gasteiger partial charge in [-0.3, -0.25) is 14.5 Å². The van der Waals surface area contributed by atoms with Crippen molar-refractivity contribution < 1.29 is 18.7 Å². The molecule has 35 heavy (non-hydrogen) atoms. The number of carbonyl (C=O) groups excluding carboxylic acids is 1. The van der Waals surface area contributed by atoms with Crippen molar-refractivity contribution in [2.45, 2.75) is 37.2 Å². The van der Waals surface area contributed by atoms with E-state index in [9.17, 15) is 18.7 Å². The van der Waals surface area contributed by atoms with Gasteiger partial charge >= 0.3 is 0 Å². The molecule has 0 radical (unpaired) electrons. The summed E-state index contributed by atoms with van der Waals surface area (Å²) in [6, 6.07) is 4.49. The number of nitrogens with zero attached hydrogens (tertiary/aromatic N) is 3. The zero-order valence-corrected chi connectivity index (χ0v) is 20.7. The monoisotopic (exact) mass is 508 g/mol. The Morgan fingerprint density at radius 3 is 2.49 bits per heavy atom. The molecule has 0 bridgehead atoms. The smallest absolute Gasteiger partial charge is 0.162 e. The number of aromatic nitrogens is 2. The molecule has 6 N–H and O–H groups in total. The van der Waals surface area contributed by atoms with Crippen LogP contribution in [0.2, 0.25) is 5.02 Å². The van der Waals surface area contributed by atoms with Crippen LogP contribution in [0, 0.1) is 17.7 Å². The number of halogens is 3. The van der Waals surface area contributed by atoms with Gasteiger partial charge in [0.05, 0.1) is 16.3 Å². The fourth-order valence-electron chi connectivity index (χ4n) is 5.34. The molecular weight excluding hydrogens is 478 g/mol. The van der Waals surface area contributed by atoms with Crippen LogP contribution in [0.15, 0.2) is 35.2 Å². The molecule has 2 atom stereocenters. The van der Waals surface area contributed by atoms with Gasteiger partial charge in [-0.15, -0.1) is 0 Å². The van der Waals surface area contributed by atoms with Crippen molar-refractivity contribution in [1.82, 2.24) is 9.78 Å². The summed E-state index contributed by atoms with van der Waals surface area (Å²) in [5.74, 6) is -0.127. The van der Waals surface area contributed by atoms with E-state index in [1.54, 1.807) is 20.2 Å². The number of carbonyl (C=O) groups is 1. The number of aryl methyl sites for hydroxylation is 1. The van der Waals surface area contributed by atoms with Gasteiger partial charge < -0.3 is 21.9 Å². The van der Waals surface area contributed by atoms with Gasteiger partial charge in [-0.1, -0.05) is 11.6 Å². The van der Waals surface area contributed by atoms with E-state index in [0.717, 1.165) is 36.7 Å². The number of rotatable bonds is 5. The SMILES string of the molecule is CN=C(/C(F)=C\N)C1(O)CC2CC(c3nn(C)c(N)c3C=O)CC2C1.CNc1ccc(F)c(Cl)c1. The van der Waals surface area contributed by atoms with Crippen LogP contribution in [0.1, 0.15) is 47.7 Å². The topological polar surface area (TPSA) is 132 Å². The van der Waals surface area contributed by atoms with Crippen LogP contribution >= 0.6 is 11.6 Å². The Morgan fingerprint density at radius 2 is 2.00 bits per heavy atom. The second kappa shape index (κ2) is 10.7.